The molecular weight excluding hydrogens is 440 g/mol. The number of aromatic nitrogens is 1. The molecule has 4 atom stereocenters. The van der Waals surface area contributed by atoms with Crippen molar-refractivity contribution >= 4 is 17.9 Å². The van der Waals surface area contributed by atoms with Crippen LogP contribution in [-0.4, -0.2) is 58.6 Å². The van der Waals surface area contributed by atoms with E-state index < -0.39 is 0 Å². The molecule has 1 aromatic rings. The van der Waals surface area contributed by atoms with Crippen LogP contribution in [0.15, 0.2) is 40.4 Å². The first-order valence-corrected chi connectivity index (χ1v) is 13.1. The van der Waals surface area contributed by atoms with Gasteiger partial charge in [-0.2, -0.15) is 0 Å². The lowest BCUT2D eigenvalue weighted by atomic mass is 9.76. The number of H-pyrrole nitrogens is 1. The molecule has 35 heavy (non-hydrogen) atoms. The van der Waals surface area contributed by atoms with Crippen LogP contribution < -0.4 is 16.0 Å². The van der Waals surface area contributed by atoms with Crippen LogP contribution in [0.5, 0.6) is 0 Å². The zero-order chi connectivity index (χ0) is 24.1. The molecule has 1 aromatic heterocycles. The maximum Gasteiger partial charge on any atom is 0.270 e. The van der Waals surface area contributed by atoms with Crippen molar-refractivity contribution in [3.63, 3.8) is 0 Å². The van der Waals surface area contributed by atoms with Gasteiger partial charge >= 0.3 is 0 Å². The first-order chi connectivity index (χ1) is 17.0. The number of nitrogens with zero attached hydrogens (tertiary/aromatic N) is 2. The van der Waals surface area contributed by atoms with Gasteiger partial charge in [-0.3, -0.25) is 14.6 Å². The first kappa shape index (κ1) is 22.5. The molecule has 184 valence electrons. The average molecular weight is 475 g/mol. The smallest absolute Gasteiger partial charge is 0.270 e. The van der Waals surface area contributed by atoms with Gasteiger partial charge in [0.25, 0.3) is 5.91 Å². The Hall–Kier alpha value is -2.93. The molecule has 6 rings (SSSR count). The van der Waals surface area contributed by atoms with Gasteiger partial charge in [0.1, 0.15) is 11.2 Å². The average Bonchev–Trinajstić information content (AvgIpc) is 3.60. The van der Waals surface area contributed by atoms with Crippen molar-refractivity contribution in [1.82, 2.24) is 15.2 Å². The van der Waals surface area contributed by atoms with Gasteiger partial charge in [-0.15, -0.1) is 0 Å². The third-order valence-electron chi connectivity index (χ3n) is 8.04. The summed E-state index contributed by atoms with van der Waals surface area (Å²) in [6.07, 6.45) is 15.3. The Balaban J connectivity index is 1.34. The number of fused-ring (bicyclic) bond motifs is 3. The van der Waals surface area contributed by atoms with Crippen LogP contribution in [0.4, 0.5) is 0 Å². The fraction of sp³-hybridized carbons (Fsp3) is 0.536. The predicted octanol–water partition coefficient (Wildman–Crippen LogP) is 1.86. The van der Waals surface area contributed by atoms with E-state index in [2.05, 4.69) is 35.5 Å². The maximum atomic E-state index is 13.7. The Labute approximate surface area is 205 Å². The Kier molecular flexibility index (Phi) is 5.75. The SMILES string of the molecule is CC1C=c2c3c([nH]c2=NC1)C(=O)N(CC1=CCC(O)CC1)CC3C1C=CC=C(C(=O)NC2CC2)C1. The van der Waals surface area contributed by atoms with Crippen molar-refractivity contribution in [3.05, 3.63) is 57.4 Å². The molecule has 0 radical (unpaired) electrons. The van der Waals surface area contributed by atoms with Crippen molar-refractivity contribution in [3.8, 4) is 0 Å². The molecule has 3 heterocycles. The highest BCUT2D eigenvalue weighted by molar-refractivity contribution is 5.96. The zero-order valence-electron chi connectivity index (χ0n) is 20.3. The fourth-order valence-electron chi connectivity index (χ4n) is 5.91. The summed E-state index contributed by atoms with van der Waals surface area (Å²) in [5.74, 6) is 0.612. The minimum Gasteiger partial charge on any atom is -0.393 e. The second kappa shape index (κ2) is 8.94. The lowest BCUT2D eigenvalue weighted by Gasteiger charge is -2.37. The number of hydrogen-bond donors (Lipinski definition) is 3. The molecule has 3 aliphatic carbocycles. The van der Waals surface area contributed by atoms with Gasteiger partial charge in [0, 0.05) is 42.4 Å². The van der Waals surface area contributed by atoms with Gasteiger partial charge in [0.05, 0.1) is 6.10 Å². The number of aromatic amines is 1. The molecule has 0 bridgehead atoms. The Bertz CT molecular complexity index is 1270. The molecule has 0 saturated heterocycles. The molecule has 1 fully saturated rings. The standard InChI is InChI=1S/C28H34N4O3/c1-16-11-22-24-23(18-3-2-4-19(12-18)27(34)30-20-7-8-20)15-32(14-17-5-9-21(33)10-6-17)28(35)25(24)31-26(22)29-13-16/h2-5,11,16,18,20-21,23,33H,6-10,12-15H2,1H3,(H,29,31)(H,30,34). The number of rotatable bonds is 5. The summed E-state index contributed by atoms with van der Waals surface area (Å²) in [5, 5.41) is 14.1. The molecule has 0 aromatic carbocycles. The molecule has 2 amide bonds. The number of amides is 2. The van der Waals surface area contributed by atoms with Gasteiger partial charge in [-0.1, -0.05) is 42.9 Å². The third kappa shape index (κ3) is 4.42. The highest BCUT2D eigenvalue weighted by Gasteiger charge is 2.39. The Morgan fingerprint density at radius 1 is 1.31 bits per heavy atom. The van der Waals surface area contributed by atoms with E-state index in [1.54, 1.807) is 0 Å². The second-order valence-electron chi connectivity index (χ2n) is 10.9. The normalized spacial score (nSPS) is 29.9. The molecule has 7 nitrogen and oxygen atoms in total. The van der Waals surface area contributed by atoms with Gasteiger partial charge in [0.15, 0.2) is 0 Å². The number of hydrogen-bond acceptors (Lipinski definition) is 4. The van der Waals surface area contributed by atoms with Crippen molar-refractivity contribution in [2.75, 3.05) is 19.6 Å². The van der Waals surface area contributed by atoms with Crippen LogP contribution in [0, 0.1) is 11.8 Å². The number of allylic oxidation sites excluding steroid dienone is 3. The van der Waals surface area contributed by atoms with Crippen molar-refractivity contribution in [2.24, 2.45) is 16.8 Å². The van der Waals surface area contributed by atoms with E-state index in [0.29, 0.717) is 43.6 Å². The summed E-state index contributed by atoms with van der Waals surface area (Å²) in [5.41, 5.74) is 4.59. The van der Waals surface area contributed by atoms with Crippen LogP contribution in [0.3, 0.4) is 0 Å². The van der Waals surface area contributed by atoms with Crippen LogP contribution in [0.2, 0.25) is 0 Å². The monoisotopic (exact) mass is 474 g/mol. The van der Waals surface area contributed by atoms with Gasteiger partial charge in [-0.25, -0.2) is 0 Å². The summed E-state index contributed by atoms with van der Waals surface area (Å²) >= 11 is 0. The first-order valence-electron chi connectivity index (χ1n) is 13.1. The van der Waals surface area contributed by atoms with Gasteiger partial charge in [0.2, 0.25) is 5.91 Å². The highest BCUT2D eigenvalue weighted by Crippen LogP contribution is 2.37. The topological polar surface area (TPSA) is 97.8 Å². The zero-order valence-corrected chi connectivity index (χ0v) is 20.3. The van der Waals surface area contributed by atoms with E-state index in [1.807, 2.05) is 17.1 Å². The fourth-order valence-corrected chi connectivity index (χ4v) is 5.91. The lowest BCUT2D eigenvalue weighted by molar-refractivity contribution is -0.117. The Morgan fingerprint density at radius 3 is 2.94 bits per heavy atom. The summed E-state index contributed by atoms with van der Waals surface area (Å²) in [4.78, 5) is 36.5. The summed E-state index contributed by atoms with van der Waals surface area (Å²) in [6.45, 7) is 4.08. The second-order valence-corrected chi connectivity index (χ2v) is 10.9. The Morgan fingerprint density at radius 2 is 2.17 bits per heavy atom. The maximum absolute atomic E-state index is 13.7. The van der Waals surface area contributed by atoms with Crippen LogP contribution in [-0.2, 0) is 4.79 Å². The summed E-state index contributed by atoms with van der Waals surface area (Å²) < 4.78 is 0. The number of nitrogens with one attached hydrogen (secondary N) is 2. The van der Waals surface area contributed by atoms with E-state index in [9.17, 15) is 14.7 Å². The van der Waals surface area contributed by atoms with E-state index in [4.69, 9.17) is 4.99 Å². The number of carbonyl (C=O) groups is 2. The van der Waals surface area contributed by atoms with E-state index in [1.165, 1.54) is 5.57 Å². The quantitative estimate of drug-likeness (QED) is 0.568. The molecule has 3 N–H and O–H groups in total. The highest BCUT2D eigenvalue weighted by atomic mass is 16.3. The molecular formula is C28H34N4O3. The third-order valence-corrected chi connectivity index (χ3v) is 8.04. The van der Waals surface area contributed by atoms with E-state index in [-0.39, 0.29) is 29.8 Å². The molecule has 0 spiro atoms. The minimum absolute atomic E-state index is 0.0240. The minimum atomic E-state index is -0.274. The summed E-state index contributed by atoms with van der Waals surface area (Å²) in [7, 11) is 0. The number of aliphatic hydroxyl groups is 1. The largest absolute Gasteiger partial charge is 0.393 e. The van der Waals surface area contributed by atoms with Crippen molar-refractivity contribution in [2.45, 2.75) is 63.5 Å². The van der Waals surface area contributed by atoms with E-state index in [0.717, 1.165) is 54.1 Å². The van der Waals surface area contributed by atoms with Crippen LogP contribution >= 0.6 is 0 Å². The summed E-state index contributed by atoms with van der Waals surface area (Å²) in [6, 6.07) is 0.332. The van der Waals surface area contributed by atoms with Crippen LogP contribution in [0.1, 0.15) is 67.4 Å². The number of carbonyl (C=O) groups excluding carboxylic acids is 2. The van der Waals surface area contributed by atoms with Crippen molar-refractivity contribution in [1.29, 1.82) is 0 Å². The predicted molar refractivity (Wildman–Crippen MR) is 133 cm³/mol. The molecule has 7 heteroatoms. The van der Waals surface area contributed by atoms with Gasteiger partial charge in [-0.05, 0) is 55.9 Å². The van der Waals surface area contributed by atoms with Gasteiger partial charge < -0.3 is 20.3 Å². The van der Waals surface area contributed by atoms with Crippen molar-refractivity contribution < 1.29 is 14.7 Å². The molecule has 5 aliphatic rings. The molecule has 1 saturated carbocycles. The van der Waals surface area contributed by atoms with Crippen LogP contribution in [0.25, 0.3) is 6.08 Å². The van der Waals surface area contributed by atoms with E-state index >= 15 is 0 Å². The molecule has 4 unspecified atom stereocenters. The molecule has 2 aliphatic heterocycles. The lowest BCUT2D eigenvalue weighted by Crippen LogP contribution is -2.45. The number of aliphatic hydroxyl groups excluding tert-OH is 1.